The van der Waals surface area contributed by atoms with E-state index in [4.69, 9.17) is 0 Å². The quantitative estimate of drug-likeness (QED) is 0.535. The van der Waals surface area contributed by atoms with Crippen molar-refractivity contribution < 1.29 is 0 Å². The van der Waals surface area contributed by atoms with Gasteiger partial charge in [0.2, 0.25) is 0 Å². The number of unbranched alkanes of at least 4 members (excludes halogenated alkanes) is 2. The minimum absolute atomic E-state index is 0.643. The van der Waals surface area contributed by atoms with Crippen molar-refractivity contribution in [3.8, 4) is 0 Å². The van der Waals surface area contributed by atoms with Gasteiger partial charge in [0.05, 0.1) is 0 Å². The fourth-order valence-electron chi connectivity index (χ4n) is 2.45. The molecule has 0 aliphatic heterocycles. The molecule has 0 amide bonds. The number of nitrogens with zero attached hydrogens (tertiary/aromatic N) is 1. The summed E-state index contributed by atoms with van der Waals surface area (Å²) in [5, 5.41) is 0. The maximum absolute atomic E-state index is 2.77. The molecule has 84 valence electrons. The largest absolute Gasteiger partial charge is 0.298 e. The minimum atomic E-state index is 0.643. The molecule has 0 aromatic rings. The van der Waals surface area contributed by atoms with Crippen LogP contribution in [0.25, 0.3) is 0 Å². The molecule has 1 saturated carbocycles. The highest BCUT2D eigenvalue weighted by molar-refractivity contribution is 5.02. The molecule has 1 rings (SSSR count). The van der Waals surface area contributed by atoms with Gasteiger partial charge in [0, 0.05) is 5.54 Å². The average Bonchev–Trinajstić information content (AvgIpc) is 2.98. The van der Waals surface area contributed by atoms with Gasteiger partial charge in [-0.05, 0) is 45.2 Å². The van der Waals surface area contributed by atoms with Gasteiger partial charge >= 0.3 is 0 Å². The summed E-state index contributed by atoms with van der Waals surface area (Å²) in [5.41, 5.74) is 0.643. The molecule has 0 unspecified atom stereocenters. The summed E-state index contributed by atoms with van der Waals surface area (Å²) in [4.78, 5) is 2.77. The van der Waals surface area contributed by atoms with Crippen molar-refractivity contribution in [3.05, 3.63) is 0 Å². The molecule has 14 heavy (non-hydrogen) atoms. The monoisotopic (exact) mass is 197 g/mol. The van der Waals surface area contributed by atoms with Gasteiger partial charge in [-0.1, -0.05) is 33.6 Å². The van der Waals surface area contributed by atoms with Gasteiger partial charge in [-0.3, -0.25) is 4.90 Å². The fraction of sp³-hybridized carbons (Fsp3) is 1.00. The Morgan fingerprint density at radius 1 is 0.929 bits per heavy atom. The highest BCUT2D eigenvalue weighted by Gasteiger charge is 2.45. The van der Waals surface area contributed by atoms with Crippen molar-refractivity contribution in [2.45, 2.75) is 71.3 Å². The summed E-state index contributed by atoms with van der Waals surface area (Å²) in [5.74, 6) is 0. The second-order valence-electron chi connectivity index (χ2n) is 4.77. The van der Waals surface area contributed by atoms with Crippen molar-refractivity contribution in [3.63, 3.8) is 0 Å². The van der Waals surface area contributed by atoms with Crippen molar-refractivity contribution in [1.29, 1.82) is 0 Å². The molecular weight excluding hydrogens is 170 g/mol. The Morgan fingerprint density at radius 3 is 2.07 bits per heavy atom. The van der Waals surface area contributed by atoms with E-state index >= 15 is 0 Å². The number of hydrogen-bond donors (Lipinski definition) is 0. The van der Waals surface area contributed by atoms with E-state index in [2.05, 4.69) is 25.7 Å². The highest BCUT2D eigenvalue weighted by Crippen LogP contribution is 2.44. The maximum atomic E-state index is 2.77. The number of rotatable bonds is 8. The van der Waals surface area contributed by atoms with Crippen LogP contribution in [0.5, 0.6) is 0 Å². The summed E-state index contributed by atoms with van der Waals surface area (Å²) in [6, 6.07) is 0. The topological polar surface area (TPSA) is 3.24 Å². The third kappa shape index (κ3) is 2.98. The molecule has 0 aromatic carbocycles. The van der Waals surface area contributed by atoms with Gasteiger partial charge in [0.15, 0.2) is 0 Å². The number of hydrogen-bond acceptors (Lipinski definition) is 1. The zero-order chi connectivity index (χ0) is 10.4. The van der Waals surface area contributed by atoms with Crippen LogP contribution in [-0.2, 0) is 0 Å². The Hall–Kier alpha value is -0.0400. The first-order valence-corrected chi connectivity index (χ1v) is 6.54. The predicted octanol–water partition coefficient (Wildman–Crippen LogP) is 3.83. The van der Waals surface area contributed by atoms with Crippen molar-refractivity contribution in [2.24, 2.45) is 0 Å². The van der Waals surface area contributed by atoms with Crippen LogP contribution in [0.15, 0.2) is 0 Å². The third-order valence-corrected chi connectivity index (χ3v) is 3.68. The molecule has 1 aliphatic rings. The van der Waals surface area contributed by atoms with Gasteiger partial charge in [0.25, 0.3) is 0 Å². The lowest BCUT2D eigenvalue weighted by molar-refractivity contribution is 0.168. The normalized spacial score (nSPS) is 18.9. The lowest BCUT2D eigenvalue weighted by Crippen LogP contribution is -2.38. The molecule has 0 aromatic heterocycles. The van der Waals surface area contributed by atoms with Crippen LogP contribution in [0.4, 0.5) is 0 Å². The van der Waals surface area contributed by atoms with Crippen LogP contribution in [0, 0.1) is 0 Å². The molecular formula is C13H27N. The molecule has 0 N–H and O–H groups in total. The van der Waals surface area contributed by atoms with Gasteiger partial charge in [-0.2, -0.15) is 0 Å². The van der Waals surface area contributed by atoms with Crippen LogP contribution >= 0.6 is 0 Å². The molecule has 0 spiro atoms. The lowest BCUT2D eigenvalue weighted by atomic mass is 10.1. The van der Waals surface area contributed by atoms with E-state index < -0.39 is 0 Å². The van der Waals surface area contributed by atoms with E-state index in [9.17, 15) is 0 Å². The Bertz CT molecular complexity index is 149. The molecule has 1 heteroatoms. The Balaban J connectivity index is 2.31. The van der Waals surface area contributed by atoms with E-state index in [-0.39, 0.29) is 0 Å². The molecule has 1 fully saturated rings. The molecule has 0 bridgehead atoms. The first-order chi connectivity index (χ1) is 6.79. The SMILES string of the molecule is CCCCCN(CCC)C1(CC)CC1. The van der Waals surface area contributed by atoms with E-state index in [0.717, 1.165) is 0 Å². The minimum Gasteiger partial charge on any atom is -0.298 e. The predicted molar refractivity (Wildman–Crippen MR) is 63.6 cm³/mol. The van der Waals surface area contributed by atoms with Crippen LogP contribution in [-0.4, -0.2) is 23.5 Å². The molecule has 0 radical (unpaired) electrons. The van der Waals surface area contributed by atoms with Crippen LogP contribution in [0.3, 0.4) is 0 Å². The maximum Gasteiger partial charge on any atom is 0.0208 e. The van der Waals surface area contributed by atoms with Gasteiger partial charge in [-0.15, -0.1) is 0 Å². The van der Waals surface area contributed by atoms with Crippen LogP contribution in [0.1, 0.15) is 65.7 Å². The van der Waals surface area contributed by atoms with E-state index in [1.165, 1.54) is 58.0 Å². The summed E-state index contributed by atoms with van der Waals surface area (Å²) >= 11 is 0. The van der Waals surface area contributed by atoms with E-state index in [1.54, 1.807) is 0 Å². The summed E-state index contributed by atoms with van der Waals surface area (Å²) in [6.45, 7) is 9.61. The summed E-state index contributed by atoms with van der Waals surface area (Å²) in [7, 11) is 0. The molecule has 0 heterocycles. The molecule has 1 aliphatic carbocycles. The zero-order valence-electron chi connectivity index (χ0n) is 10.3. The van der Waals surface area contributed by atoms with Crippen LogP contribution < -0.4 is 0 Å². The Morgan fingerprint density at radius 2 is 1.64 bits per heavy atom. The second-order valence-corrected chi connectivity index (χ2v) is 4.77. The fourth-order valence-corrected chi connectivity index (χ4v) is 2.45. The first kappa shape index (κ1) is 12.0. The standard InChI is InChI=1S/C13H27N/c1-4-7-8-12-14(11-5-2)13(6-3)9-10-13/h4-12H2,1-3H3. The first-order valence-electron chi connectivity index (χ1n) is 6.54. The second kappa shape index (κ2) is 5.75. The van der Waals surface area contributed by atoms with Gasteiger partial charge < -0.3 is 0 Å². The van der Waals surface area contributed by atoms with Gasteiger partial charge in [0.1, 0.15) is 0 Å². The summed E-state index contributed by atoms with van der Waals surface area (Å²) < 4.78 is 0. The van der Waals surface area contributed by atoms with Crippen molar-refractivity contribution in [1.82, 2.24) is 4.90 Å². The zero-order valence-corrected chi connectivity index (χ0v) is 10.3. The summed E-state index contributed by atoms with van der Waals surface area (Å²) in [6.07, 6.45) is 9.73. The van der Waals surface area contributed by atoms with Crippen LogP contribution in [0.2, 0.25) is 0 Å². The molecule has 0 atom stereocenters. The van der Waals surface area contributed by atoms with Gasteiger partial charge in [-0.25, -0.2) is 0 Å². The Kier molecular flexibility index (Phi) is 4.94. The average molecular weight is 197 g/mol. The molecule has 1 nitrogen and oxygen atoms in total. The Labute approximate surface area is 89.9 Å². The smallest absolute Gasteiger partial charge is 0.0208 e. The lowest BCUT2D eigenvalue weighted by Gasteiger charge is -2.31. The van der Waals surface area contributed by atoms with Crippen molar-refractivity contribution in [2.75, 3.05) is 13.1 Å². The van der Waals surface area contributed by atoms with Crippen molar-refractivity contribution >= 4 is 0 Å². The molecule has 0 saturated heterocycles. The third-order valence-electron chi connectivity index (χ3n) is 3.68. The highest BCUT2D eigenvalue weighted by atomic mass is 15.2. The van der Waals surface area contributed by atoms with E-state index in [1.807, 2.05) is 0 Å². The van der Waals surface area contributed by atoms with E-state index in [0.29, 0.717) is 5.54 Å².